The fraction of sp³-hybridized carbons (Fsp3) is 0.750. The van der Waals surface area contributed by atoms with Crippen molar-refractivity contribution in [2.45, 2.75) is 46.6 Å². The van der Waals surface area contributed by atoms with Crippen LogP contribution in [-0.2, 0) is 6.42 Å². The van der Waals surface area contributed by atoms with E-state index in [1.165, 1.54) is 17.1 Å². The van der Waals surface area contributed by atoms with Crippen LogP contribution in [0.1, 0.15) is 37.9 Å². The molecular weight excluding hydrogens is 204 g/mol. The molecule has 0 spiro atoms. The van der Waals surface area contributed by atoms with Crippen LogP contribution in [-0.4, -0.2) is 17.6 Å². The summed E-state index contributed by atoms with van der Waals surface area (Å²) >= 11 is 1.75. The first kappa shape index (κ1) is 12.7. The van der Waals surface area contributed by atoms with E-state index >= 15 is 0 Å². The molecule has 2 nitrogen and oxygen atoms in total. The average Bonchev–Trinajstić information content (AvgIpc) is 2.58. The van der Waals surface area contributed by atoms with Crippen LogP contribution in [0.2, 0.25) is 0 Å². The number of thiazole rings is 1. The van der Waals surface area contributed by atoms with Crippen LogP contribution in [0.4, 0.5) is 0 Å². The maximum atomic E-state index is 4.52. The van der Waals surface area contributed by atoms with Crippen LogP contribution in [0.5, 0.6) is 0 Å². The van der Waals surface area contributed by atoms with Crippen LogP contribution in [0.15, 0.2) is 5.38 Å². The van der Waals surface area contributed by atoms with Crippen molar-refractivity contribution in [1.82, 2.24) is 10.3 Å². The van der Waals surface area contributed by atoms with Crippen LogP contribution >= 0.6 is 11.3 Å². The lowest BCUT2D eigenvalue weighted by Crippen LogP contribution is -2.29. The summed E-state index contributed by atoms with van der Waals surface area (Å²) in [4.78, 5) is 4.52. The van der Waals surface area contributed by atoms with E-state index in [1.54, 1.807) is 11.3 Å². The molecule has 1 N–H and O–H groups in total. The van der Waals surface area contributed by atoms with Gasteiger partial charge in [-0.15, -0.1) is 11.3 Å². The molecule has 0 aromatic carbocycles. The Morgan fingerprint density at radius 2 is 2.20 bits per heavy atom. The van der Waals surface area contributed by atoms with E-state index in [2.05, 4.69) is 43.4 Å². The quantitative estimate of drug-likeness (QED) is 0.806. The zero-order valence-electron chi connectivity index (χ0n) is 10.2. The minimum Gasteiger partial charge on any atom is -0.314 e. The third-order valence-electron chi connectivity index (χ3n) is 2.56. The zero-order chi connectivity index (χ0) is 11.3. The van der Waals surface area contributed by atoms with Gasteiger partial charge in [0.25, 0.3) is 0 Å². The Bertz CT molecular complexity index is 281. The van der Waals surface area contributed by atoms with E-state index in [1.807, 2.05) is 0 Å². The molecule has 1 aromatic heterocycles. The Morgan fingerprint density at radius 1 is 1.47 bits per heavy atom. The van der Waals surface area contributed by atoms with Crippen molar-refractivity contribution in [3.63, 3.8) is 0 Å². The standard InChI is InChI=1S/C12H22N2S/c1-5-11(7-13-9(2)3)6-12-8-15-10(4)14-12/h8-9,11,13H,5-7H2,1-4H3. The fourth-order valence-electron chi connectivity index (χ4n) is 1.56. The van der Waals surface area contributed by atoms with Gasteiger partial charge in [-0.1, -0.05) is 27.2 Å². The van der Waals surface area contributed by atoms with Crippen molar-refractivity contribution in [3.05, 3.63) is 16.1 Å². The van der Waals surface area contributed by atoms with E-state index in [9.17, 15) is 0 Å². The first-order valence-corrected chi connectivity index (χ1v) is 6.64. The van der Waals surface area contributed by atoms with E-state index in [0.29, 0.717) is 12.0 Å². The van der Waals surface area contributed by atoms with Crippen molar-refractivity contribution in [2.75, 3.05) is 6.54 Å². The van der Waals surface area contributed by atoms with Gasteiger partial charge in [-0.25, -0.2) is 4.98 Å². The number of aromatic nitrogens is 1. The molecule has 1 atom stereocenters. The number of nitrogens with one attached hydrogen (secondary N) is 1. The van der Waals surface area contributed by atoms with Crippen molar-refractivity contribution in [2.24, 2.45) is 5.92 Å². The van der Waals surface area contributed by atoms with E-state index < -0.39 is 0 Å². The lowest BCUT2D eigenvalue weighted by atomic mass is 10.0. The third-order valence-corrected chi connectivity index (χ3v) is 3.38. The van der Waals surface area contributed by atoms with Crippen molar-refractivity contribution >= 4 is 11.3 Å². The predicted molar refractivity (Wildman–Crippen MR) is 67.5 cm³/mol. The highest BCUT2D eigenvalue weighted by Gasteiger charge is 2.09. The molecule has 0 aliphatic heterocycles. The molecule has 0 radical (unpaired) electrons. The normalized spacial score (nSPS) is 13.4. The molecule has 0 saturated carbocycles. The molecule has 1 heterocycles. The number of nitrogens with zero attached hydrogens (tertiary/aromatic N) is 1. The second-order valence-electron chi connectivity index (χ2n) is 4.40. The first-order valence-electron chi connectivity index (χ1n) is 5.76. The van der Waals surface area contributed by atoms with Gasteiger partial charge < -0.3 is 5.32 Å². The van der Waals surface area contributed by atoms with Crippen LogP contribution in [0.25, 0.3) is 0 Å². The van der Waals surface area contributed by atoms with Gasteiger partial charge in [-0.05, 0) is 25.8 Å². The molecular formula is C12H22N2S. The van der Waals surface area contributed by atoms with Crippen molar-refractivity contribution in [3.8, 4) is 0 Å². The Morgan fingerprint density at radius 3 is 2.67 bits per heavy atom. The van der Waals surface area contributed by atoms with Gasteiger partial charge >= 0.3 is 0 Å². The third kappa shape index (κ3) is 4.76. The Balaban J connectivity index is 2.39. The van der Waals surface area contributed by atoms with E-state index in [0.717, 1.165) is 13.0 Å². The van der Waals surface area contributed by atoms with Gasteiger partial charge in [0.15, 0.2) is 0 Å². The van der Waals surface area contributed by atoms with Crippen molar-refractivity contribution < 1.29 is 0 Å². The summed E-state index contributed by atoms with van der Waals surface area (Å²) in [7, 11) is 0. The molecule has 86 valence electrons. The Hall–Kier alpha value is -0.410. The summed E-state index contributed by atoms with van der Waals surface area (Å²) in [6, 6.07) is 0.580. The Kier molecular flexibility index (Phi) is 5.26. The highest BCUT2D eigenvalue weighted by molar-refractivity contribution is 7.09. The minimum absolute atomic E-state index is 0.580. The maximum absolute atomic E-state index is 4.52. The molecule has 0 fully saturated rings. The van der Waals surface area contributed by atoms with Gasteiger partial charge in [0.05, 0.1) is 10.7 Å². The summed E-state index contributed by atoms with van der Waals surface area (Å²) in [5.74, 6) is 0.717. The highest BCUT2D eigenvalue weighted by Crippen LogP contribution is 2.14. The predicted octanol–water partition coefficient (Wildman–Crippen LogP) is 3.02. The molecule has 1 rings (SSSR count). The summed E-state index contributed by atoms with van der Waals surface area (Å²) < 4.78 is 0. The molecule has 0 aliphatic carbocycles. The zero-order valence-corrected chi connectivity index (χ0v) is 11.0. The van der Waals surface area contributed by atoms with Gasteiger partial charge in [-0.2, -0.15) is 0 Å². The van der Waals surface area contributed by atoms with E-state index in [4.69, 9.17) is 0 Å². The maximum Gasteiger partial charge on any atom is 0.0897 e. The average molecular weight is 226 g/mol. The van der Waals surface area contributed by atoms with Crippen LogP contribution < -0.4 is 5.32 Å². The summed E-state index contributed by atoms with van der Waals surface area (Å²) in [6.07, 6.45) is 2.33. The number of hydrogen-bond acceptors (Lipinski definition) is 3. The molecule has 1 unspecified atom stereocenters. The van der Waals surface area contributed by atoms with E-state index in [-0.39, 0.29) is 0 Å². The van der Waals surface area contributed by atoms with Gasteiger partial charge in [-0.3, -0.25) is 0 Å². The monoisotopic (exact) mass is 226 g/mol. The number of rotatable bonds is 6. The number of hydrogen-bond donors (Lipinski definition) is 1. The second-order valence-corrected chi connectivity index (χ2v) is 5.46. The molecule has 0 saturated heterocycles. The summed E-state index contributed by atoms with van der Waals surface area (Å²) in [6.45, 7) is 9.82. The first-order chi connectivity index (χ1) is 7.11. The summed E-state index contributed by atoms with van der Waals surface area (Å²) in [5.41, 5.74) is 1.26. The fourth-order valence-corrected chi connectivity index (χ4v) is 2.19. The lowest BCUT2D eigenvalue weighted by molar-refractivity contribution is 0.433. The van der Waals surface area contributed by atoms with Crippen LogP contribution in [0, 0.1) is 12.8 Å². The molecule has 3 heteroatoms. The number of aryl methyl sites for hydroxylation is 1. The molecule has 0 amide bonds. The molecule has 1 aromatic rings. The minimum atomic E-state index is 0.580. The SMILES string of the molecule is CCC(CNC(C)C)Cc1csc(C)n1. The van der Waals surface area contributed by atoms with Crippen LogP contribution in [0.3, 0.4) is 0 Å². The molecule has 0 bridgehead atoms. The topological polar surface area (TPSA) is 24.9 Å². The summed E-state index contributed by atoms with van der Waals surface area (Å²) in [5, 5.41) is 6.86. The van der Waals surface area contributed by atoms with Gasteiger partial charge in [0, 0.05) is 11.4 Å². The Labute approximate surface area is 97.1 Å². The van der Waals surface area contributed by atoms with Gasteiger partial charge in [0.2, 0.25) is 0 Å². The van der Waals surface area contributed by atoms with Gasteiger partial charge in [0.1, 0.15) is 0 Å². The smallest absolute Gasteiger partial charge is 0.0897 e. The largest absolute Gasteiger partial charge is 0.314 e. The highest BCUT2D eigenvalue weighted by atomic mass is 32.1. The molecule has 15 heavy (non-hydrogen) atoms. The molecule has 0 aliphatic rings. The second kappa shape index (κ2) is 6.23. The van der Waals surface area contributed by atoms with Crippen molar-refractivity contribution in [1.29, 1.82) is 0 Å². The lowest BCUT2D eigenvalue weighted by Gasteiger charge is -2.16.